The summed E-state index contributed by atoms with van der Waals surface area (Å²) in [6.45, 7) is 15.7. The summed E-state index contributed by atoms with van der Waals surface area (Å²) in [7, 11) is 0. The molecule has 2 N–H and O–H groups in total. The molecule has 39 heavy (non-hydrogen) atoms. The van der Waals surface area contributed by atoms with Crippen LogP contribution in [0.5, 0.6) is 0 Å². The van der Waals surface area contributed by atoms with Crippen LogP contribution in [0.2, 0.25) is 0 Å². The van der Waals surface area contributed by atoms with E-state index in [-0.39, 0.29) is 5.41 Å². The van der Waals surface area contributed by atoms with Crippen molar-refractivity contribution in [1.29, 1.82) is 0 Å². The van der Waals surface area contributed by atoms with Gasteiger partial charge >= 0.3 is 0 Å². The van der Waals surface area contributed by atoms with Crippen molar-refractivity contribution < 1.29 is 0 Å². The Morgan fingerprint density at radius 1 is 0.692 bits per heavy atom. The van der Waals surface area contributed by atoms with Gasteiger partial charge in [-0.1, -0.05) is 72.2 Å². The molecule has 0 aliphatic heterocycles. The Bertz CT molecular complexity index is 1420. The number of hydrogen-bond donors (Lipinski definition) is 2. The molecule has 0 heterocycles. The Morgan fingerprint density at radius 2 is 1.26 bits per heavy atom. The van der Waals surface area contributed by atoms with Gasteiger partial charge in [-0.05, 0) is 126 Å². The van der Waals surface area contributed by atoms with Crippen LogP contribution >= 0.6 is 0 Å². The van der Waals surface area contributed by atoms with E-state index >= 15 is 0 Å². The van der Waals surface area contributed by atoms with Crippen LogP contribution in [0.4, 0.5) is 17.1 Å². The average Bonchev–Trinajstić information content (AvgIpc) is 2.90. The van der Waals surface area contributed by atoms with E-state index in [0.717, 1.165) is 12.3 Å². The lowest BCUT2D eigenvalue weighted by atomic mass is 9.61. The van der Waals surface area contributed by atoms with Crippen molar-refractivity contribution in [2.75, 3.05) is 10.6 Å². The zero-order valence-electron chi connectivity index (χ0n) is 25.0. The van der Waals surface area contributed by atoms with Gasteiger partial charge in [-0.25, -0.2) is 0 Å². The predicted molar refractivity (Wildman–Crippen MR) is 169 cm³/mol. The molecule has 2 heteroatoms. The van der Waals surface area contributed by atoms with Gasteiger partial charge in [-0.2, -0.15) is 0 Å². The Morgan fingerprint density at radius 3 is 1.82 bits per heavy atom. The van der Waals surface area contributed by atoms with E-state index in [1.807, 2.05) is 0 Å². The fraction of sp³-hybridized carbons (Fsp3) is 0.405. The molecule has 0 spiro atoms. The van der Waals surface area contributed by atoms with E-state index < -0.39 is 0 Å². The van der Waals surface area contributed by atoms with Gasteiger partial charge in [0.2, 0.25) is 0 Å². The molecular formula is C37H46N2. The zero-order chi connectivity index (χ0) is 27.7. The van der Waals surface area contributed by atoms with Crippen molar-refractivity contribution in [3.05, 3.63) is 111 Å². The number of allylic oxidation sites excluding steroid dienone is 2. The molecular weight excluding hydrogens is 472 g/mol. The van der Waals surface area contributed by atoms with Gasteiger partial charge in [0.15, 0.2) is 0 Å². The molecule has 0 aromatic heterocycles. The summed E-state index contributed by atoms with van der Waals surface area (Å²) < 4.78 is 0. The molecule has 2 aliphatic carbocycles. The van der Waals surface area contributed by atoms with Crippen LogP contribution in [0.15, 0.2) is 77.9 Å². The van der Waals surface area contributed by atoms with Crippen LogP contribution in [0, 0.1) is 40.5 Å². The van der Waals surface area contributed by atoms with Crippen molar-refractivity contribution in [2.24, 2.45) is 5.92 Å². The molecule has 204 valence electrons. The molecule has 1 saturated carbocycles. The lowest BCUT2D eigenvalue weighted by Gasteiger charge is -2.43. The van der Waals surface area contributed by atoms with Crippen molar-refractivity contribution >= 4 is 17.1 Å². The third kappa shape index (κ3) is 5.71. The number of aryl methyl sites for hydroxylation is 5. The van der Waals surface area contributed by atoms with E-state index in [4.69, 9.17) is 0 Å². The Labute approximate surface area is 236 Å². The lowest BCUT2D eigenvalue weighted by molar-refractivity contribution is 0.278. The molecule has 0 amide bonds. The molecule has 3 aromatic carbocycles. The first-order chi connectivity index (χ1) is 18.6. The second-order valence-corrected chi connectivity index (χ2v) is 12.5. The van der Waals surface area contributed by atoms with E-state index in [1.165, 1.54) is 87.3 Å². The maximum atomic E-state index is 3.84. The quantitative estimate of drug-likeness (QED) is 0.339. The molecule has 0 bridgehead atoms. The van der Waals surface area contributed by atoms with Gasteiger partial charge in [-0.3, -0.25) is 0 Å². The van der Waals surface area contributed by atoms with Crippen molar-refractivity contribution in [3.8, 4) is 0 Å². The zero-order valence-corrected chi connectivity index (χ0v) is 25.0. The Balaban J connectivity index is 1.42. The van der Waals surface area contributed by atoms with Crippen LogP contribution in [-0.4, -0.2) is 6.04 Å². The van der Waals surface area contributed by atoms with E-state index in [9.17, 15) is 0 Å². The highest BCUT2D eigenvalue weighted by Crippen LogP contribution is 2.49. The van der Waals surface area contributed by atoms with Gasteiger partial charge in [-0.15, -0.1) is 0 Å². The summed E-state index contributed by atoms with van der Waals surface area (Å²) in [6, 6.07) is 20.9. The number of hydrogen-bond acceptors (Lipinski definition) is 2. The third-order valence-electron chi connectivity index (χ3n) is 9.33. The first-order valence-corrected chi connectivity index (χ1v) is 14.8. The maximum Gasteiger partial charge on any atom is 0.0508 e. The smallest absolute Gasteiger partial charge is 0.0508 e. The molecule has 2 aliphatic rings. The SMILES string of the molecule is CC1=CC(C2(c3ccc(Nc4ccc(C)cc4C)c(C)c3)CCC(C)CC2)=CCC1Nc1ccc(C)cc1C. The number of rotatable bonds is 6. The van der Waals surface area contributed by atoms with Crippen LogP contribution in [0.3, 0.4) is 0 Å². The number of anilines is 3. The van der Waals surface area contributed by atoms with Gasteiger partial charge < -0.3 is 10.6 Å². The minimum Gasteiger partial charge on any atom is -0.378 e. The van der Waals surface area contributed by atoms with Crippen LogP contribution in [-0.2, 0) is 5.41 Å². The first-order valence-electron chi connectivity index (χ1n) is 14.8. The molecule has 1 atom stereocenters. The molecule has 1 unspecified atom stereocenters. The van der Waals surface area contributed by atoms with Crippen LogP contribution < -0.4 is 10.6 Å². The highest BCUT2D eigenvalue weighted by atomic mass is 14.9. The van der Waals surface area contributed by atoms with E-state index in [2.05, 4.69) is 126 Å². The summed E-state index contributed by atoms with van der Waals surface area (Å²) >= 11 is 0. The summed E-state index contributed by atoms with van der Waals surface area (Å²) in [4.78, 5) is 0. The van der Waals surface area contributed by atoms with Gasteiger partial charge in [0, 0.05) is 22.5 Å². The fourth-order valence-electron chi connectivity index (χ4n) is 6.70. The van der Waals surface area contributed by atoms with Crippen molar-refractivity contribution in [3.63, 3.8) is 0 Å². The molecule has 5 rings (SSSR count). The van der Waals surface area contributed by atoms with E-state index in [0.29, 0.717) is 6.04 Å². The highest BCUT2D eigenvalue weighted by Gasteiger charge is 2.39. The molecule has 1 fully saturated rings. The Kier molecular flexibility index (Phi) is 7.76. The minimum absolute atomic E-state index is 0.0988. The molecule has 3 aromatic rings. The maximum absolute atomic E-state index is 3.84. The predicted octanol–water partition coefficient (Wildman–Crippen LogP) is 10.2. The minimum atomic E-state index is 0.0988. The first kappa shape index (κ1) is 27.3. The van der Waals surface area contributed by atoms with Crippen molar-refractivity contribution in [2.45, 2.75) is 92.0 Å². The number of benzene rings is 3. The second kappa shape index (κ2) is 11.1. The topological polar surface area (TPSA) is 24.1 Å². The standard InChI is InChI=1S/C37H46N2/c1-24-16-18-37(19-17-24,31-10-14-35(29(6)22-31)38-33-12-8-25(2)20-27(33)4)32-11-15-36(30(7)23-32)39-34-13-9-26(3)21-28(34)5/h8-14,20-24,36,38-39H,15-19H2,1-7H3. The van der Waals surface area contributed by atoms with Gasteiger partial charge in [0.1, 0.15) is 0 Å². The average molecular weight is 519 g/mol. The fourth-order valence-corrected chi connectivity index (χ4v) is 6.70. The van der Waals surface area contributed by atoms with Gasteiger partial charge in [0.25, 0.3) is 0 Å². The molecule has 2 nitrogen and oxygen atoms in total. The largest absolute Gasteiger partial charge is 0.378 e. The lowest BCUT2D eigenvalue weighted by Crippen LogP contribution is -2.35. The van der Waals surface area contributed by atoms with E-state index in [1.54, 1.807) is 0 Å². The summed E-state index contributed by atoms with van der Waals surface area (Å²) in [6.07, 6.45) is 11.1. The summed E-state index contributed by atoms with van der Waals surface area (Å²) in [5.74, 6) is 0.804. The third-order valence-corrected chi connectivity index (χ3v) is 9.33. The number of nitrogens with one attached hydrogen (secondary N) is 2. The normalized spacial score (nSPS) is 23.2. The Hall–Kier alpha value is -3.26. The molecule has 0 saturated heterocycles. The monoisotopic (exact) mass is 518 g/mol. The van der Waals surface area contributed by atoms with Crippen LogP contribution in [0.25, 0.3) is 0 Å². The summed E-state index contributed by atoms with van der Waals surface area (Å²) in [5.41, 5.74) is 14.7. The summed E-state index contributed by atoms with van der Waals surface area (Å²) in [5, 5.41) is 7.54. The van der Waals surface area contributed by atoms with Crippen molar-refractivity contribution in [1.82, 2.24) is 0 Å². The van der Waals surface area contributed by atoms with Crippen LogP contribution in [0.1, 0.15) is 79.3 Å². The highest BCUT2D eigenvalue weighted by molar-refractivity contribution is 5.67. The molecule has 0 radical (unpaired) electrons. The second-order valence-electron chi connectivity index (χ2n) is 12.5. The van der Waals surface area contributed by atoms with Gasteiger partial charge in [0.05, 0.1) is 6.04 Å².